The van der Waals surface area contributed by atoms with Gasteiger partial charge < -0.3 is 9.84 Å². The Kier molecular flexibility index (Phi) is 4.81. The standard InChI is InChI=1S/C27H46O2/c1-18(2)9-8-10-19(3)21-12-16-26-25(21,5)15-13-22-24(4)14-7-6-11-20(24)17-23(28)27(22,26)29-26/h18-23,28H,6-17H2,1-5H3/t19-,20?,21-,22-,23?,24+,25-,26+,27-/m1/s1. The largest absolute Gasteiger partial charge is 0.390 e. The molecule has 0 aromatic heterocycles. The zero-order valence-electron chi connectivity index (χ0n) is 19.8. The van der Waals surface area contributed by atoms with Crippen LogP contribution in [0.4, 0.5) is 0 Å². The van der Waals surface area contributed by atoms with Gasteiger partial charge in [-0.1, -0.05) is 66.7 Å². The van der Waals surface area contributed by atoms with Gasteiger partial charge in [-0.25, -0.2) is 0 Å². The van der Waals surface area contributed by atoms with E-state index in [0.717, 1.165) is 30.1 Å². The highest BCUT2D eigenvalue weighted by molar-refractivity contribution is 5.36. The molecular formula is C27H46O2. The second-order valence-corrected chi connectivity index (χ2v) is 12.9. The minimum atomic E-state index is -0.224. The van der Waals surface area contributed by atoms with Crippen LogP contribution in [0, 0.1) is 40.4 Å². The number of hydrogen-bond donors (Lipinski definition) is 1. The molecule has 2 unspecified atom stereocenters. The van der Waals surface area contributed by atoms with Crippen LogP contribution in [0.1, 0.15) is 112 Å². The van der Waals surface area contributed by atoms with Crippen LogP contribution in [-0.4, -0.2) is 22.4 Å². The predicted octanol–water partition coefficient (Wildman–Crippen LogP) is 6.74. The van der Waals surface area contributed by atoms with Crippen molar-refractivity contribution < 1.29 is 9.84 Å². The molecule has 0 bridgehead atoms. The van der Waals surface area contributed by atoms with Gasteiger partial charge in [-0.3, -0.25) is 0 Å². The number of fused-ring (bicyclic) bond motifs is 2. The molecule has 2 spiro atoms. The number of aliphatic hydroxyl groups excluding tert-OH is 1. The van der Waals surface area contributed by atoms with Crippen molar-refractivity contribution in [3.8, 4) is 0 Å². The smallest absolute Gasteiger partial charge is 0.128 e. The summed E-state index contributed by atoms with van der Waals surface area (Å²) in [7, 11) is 0. The van der Waals surface area contributed by atoms with Crippen LogP contribution in [0.15, 0.2) is 0 Å². The number of epoxide rings is 1. The SMILES string of the molecule is CC(C)CCC[C@@H](C)[C@H]1CC[C@@]23O[C@]24C(O)CC2CCCC[C@]2(C)[C@H]4CC[C@]13C. The highest BCUT2D eigenvalue weighted by Crippen LogP contribution is 2.81. The molecule has 4 saturated carbocycles. The minimum absolute atomic E-state index is 0.00919. The Labute approximate surface area is 179 Å². The van der Waals surface area contributed by atoms with Crippen molar-refractivity contribution in [1.82, 2.24) is 0 Å². The monoisotopic (exact) mass is 402 g/mol. The van der Waals surface area contributed by atoms with Gasteiger partial charge in [0.25, 0.3) is 0 Å². The van der Waals surface area contributed by atoms with E-state index >= 15 is 0 Å². The Balaban J connectivity index is 1.40. The van der Waals surface area contributed by atoms with Gasteiger partial charge in [0.05, 0.1) is 6.10 Å². The molecule has 1 aliphatic heterocycles. The number of aliphatic hydroxyl groups is 1. The maximum Gasteiger partial charge on any atom is 0.128 e. The fourth-order valence-corrected chi connectivity index (χ4v) is 9.80. The van der Waals surface area contributed by atoms with Crippen LogP contribution in [0.25, 0.3) is 0 Å². The molecule has 0 aromatic rings. The molecule has 1 heterocycles. The molecular weight excluding hydrogens is 356 g/mol. The molecule has 4 aliphatic carbocycles. The van der Waals surface area contributed by atoms with Crippen LogP contribution in [-0.2, 0) is 4.74 Å². The summed E-state index contributed by atoms with van der Waals surface area (Å²) in [5.41, 5.74) is 0.475. The van der Waals surface area contributed by atoms with Crippen molar-refractivity contribution in [2.24, 2.45) is 40.4 Å². The lowest BCUT2D eigenvalue weighted by atomic mass is 9.44. The Morgan fingerprint density at radius 2 is 1.76 bits per heavy atom. The third kappa shape index (κ3) is 2.54. The molecule has 9 atom stereocenters. The van der Waals surface area contributed by atoms with E-state index < -0.39 is 0 Å². The lowest BCUT2D eigenvalue weighted by Crippen LogP contribution is -2.63. The van der Waals surface area contributed by atoms with Crippen LogP contribution in [0.2, 0.25) is 0 Å². The van der Waals surface area contributed by atoms with Gasteiger partial charge in [-0.2, -0.15) is 0 Å². The van der Waals surface area contributed by atoms with Gasteiger partial charge in [0.15, 0.2) is 0 Å². The van der Waals surface area contributed by atoms with Crippen molar-refractivity contribution in [2.45, 2.75) is 129 Å². The van der Waals surface area contributed by atoms with E-state index in [4.69, 9.17) is 4.74 Å². The van der Waals surface area contributed by atoms with E-state index in [1.807, 2.05) is 0 Å². The Hall–Kier alpha value is -0.0800. The average Bonchev–Trinajstić information content (AvgIpc) is 3.26. The van der Waals surface area contributed by atoms with Gasteiger partial charge in [-0.05, 0) is 80.0 Å². The molecule has 5 fully saturated rings. The molecule has 2 nitrogen and oxygen atoms in total. The quantitative estimate of drug-likeness (QED) is 0.516. The topological polar surface area (TPSA) is 32.8 Å². The summed E-state index contributed by atoms with van der Waals surface area (Å²) in [5, 5.41) is 11.5. The van der Waals surface area contributed by atoms with Crippen molar-refractivity contribution >= 4 is 0 Å². The summed E-state index contributed by atoms with van der Waals surface area (Å²) in [6, 6.07) is 0. The lowest BCUT2D eigenvalue weighted by Gasteiger charge is -2.59. The second-order valence-electron chi connectivity index (χ2n) is 12.9. The minimum Gasteiger partial charge on any atom is -0.390 e. The Morgan fingerprint density at radius 3 is 2.52 bits per heavy atom. The van der Waals surface area contributed by atoms with Crippen molar-refractivity contribution in [3.05, 3.63) is 0 Å². The fraction of sp³-hybridized carbons (Fsp3) is 1.00. The van der Waals surface area contributed by atoms with Gasteiger partial charge in [0, 0.05) is 5.41 Å². The van der Waals surface area contributed by atoms with Crippen LogP contribution in [0.5, 0.6) is 0 Å². The van der Waals surface area contributed by atoms with Crippen LogP contribution >= 0.6 is 0 Å². The molecule has 0 radical (unpaired) electrons. The number of rotatable bonds is 5. The van der Waals surface area contributed by atoms with Crippen molar-refractivity contribution in [2.75, 3.05) is 0 Å². The van der Waals surface area contributed by atoms with Crippen LogP contribution in [0.3, 0.4) is 0 Å². The molecule has 5 aliphatic rings. The normalized spacial score (nSPS) is 54.3. The molecule has 1 N–H and O–H groups in total. The number of hydrogen-bond acceptors (Lipinski definition) is 2. The van der Waals surface area contributed by atoms with E-state index in [-0.39, 0.29) is 22.7 Å². The third-order valence-electron chi connectivity index (χ3n) is 11.3. The highest BCUT2D eigenvalue weighted by atomic mass is 16.6. The van der Waals surface area contributed by atoms with E-state index in [2.05, 4.69) is 34.6 Å². The number of ether oxygens (including phenoxy) is 1. The zero-order chi connectivity index (χ0) is 20.7. The first-order valence-electron chi connectivity index (χ1n) is 13.1. The van der Waals surface area contributed by atoms with Crippen LogP contribution < -0.4 is 0 Å². The van der Waals surface area contributed by atoms with E-state index in [1.165, 1.54) is 70.6 Å². The Bertz CT molecular complexity index is 644. The van der Waals surface area contributed by atoms with E-state index in [0.29, 0.717) is 11.3 Å². The molecule has 166 valence electrons. The Morgan fingerprint density at radius 1 is 0.966 bits per heavy atom. The summed E-state index contributed by atoms with van der Waals surface area (Å²) in [5.74, 6) is 3.69. The lowest BCUT2D eigenvalue weighted by molar-refractivity contribution is -0.130. The molecule has 5 rings (SSSR count). The van der Waals surface area contributed by atoms with Gasteiger partial charge in [0.1, 0.15) is 11.2 Å². The van der Waals surface area contributed by atoms with Gasteiger partial charge in [-0.15, -0.1) is 0 Å². The van der Waals surface area contributed by atoms with Gasteiger partial charge in [0.2, 0.25) is 0 Å². The summed E-state index contributed by atoms with van der Waals surface area (Å²) in [6.07, 6.45) is 15.5. The van der Waals surface area contributed by atoms with Gasteiger partial charge >= 0.3 is 0 Å². The first-order chi connectivity index (χ1) is 13.7. The maximum atomic E-state index is 11.5. The van der Waals surface area contributed by atoms with E-state index in [1.54, 1.807) is 0 Å². The zero-order valence-corrected chi connectivity index (χ0v) is 19.8. The molecule has 29 heavy (non-hydrogen) atoms. The summed E-state index contributed by atoms with van der Waals surface area (Å²) < 4.78 is 6.98. The molecule has 0 aromatic carbocycles. The van der Waals surface area contributed by atoms with Crippen molar-refractivity contribution in [1.29, 1.82) is 0 Å². The summed E-state index contributed by atoms with van der Waals surface area (Å²) in [6.45, 7) is 12.4. The second kappa shape index (κ2) is 6.71. The molecule has 2 heteroatoms. The molecule has 1 saturated heterocycles. The first kappa shape index (κ1) is 20.8. The predicted molar refractivity (Wildman–Crippen MR) is 119 cm³/mol. The third-order valence-corrected chi connectivity index (χ3v) is 11.3. The average molecular weight is 403 g/mol. The van der Waals surface area contributed by atoms with E-state index in [9.17, 15) is 5.11 Å². The fourth-order valence-electron chi connectivity index (χ4n) is 9.80. The first-order valence-corrected chi connectivity index (χ1v) is 13.1. The van der Waals surface area contributed by atoms with Crippen molar-refractivity contribution in [3.63, 3.8) is 0 Å². The maximum absolute atomic E-state index is 11.5. The highest BCUT2D eigenvalue weighted by Gasteiger charge is 2.88. The summed E-state index contributed by atoms with van der Waals surface area (Å²) in [4.78, 5) is 0. The molecule has 0 amide bonds. The summed E-state index contributed by atoms with van der Waals surface area (Å²) >= 11 is 0.